The predicted molar refractivity (Wildman–Crippen MR) is 64.1 cm³/mol. The van der Waals surface area contributed by atoms with Crippen LogP contribution in [0.4, 0.5) is 0 Å². The molecule has 92 valence electrons. The Bertz CT molecular complexity index is 138. The van der Waals surface area contributed by atoms with E-state index in [9.17, 15) is 0 Å². The van der Waals surface area contributed by atoms with E-state index >= 15 is 0 Å². The van der Waals surface area contributed by atoms with E-state index in [0.29, 0.717) is 12.0 Å². The molecule has 0 aromatic rings. The highest BCUT2D eigenvalue weighted by atomic mass is 16.5. The highest BCUT2D eigenvalue weighted by Crippen LogP contribution is 2.18. The molecule has 0 aromatic heterocycles. The van der Waals surface area contributed by atoms with Crippen LogP contribution in [-0.2, 0) is 4.74 Å². The van der Waals surface area contributed by atoms with E-state index in [-0.39, 0.29) is 0 Å². The Hall–Kier alpha value is -0.120. The second-order valence-corrected chi connectivity index (χ2v) is 4.87. The van der Waals surface area contributed by atoms with E-state index in [2.05, 4.69) is 19.2 Å². The van der Waals surface area contributed by atoms with Gasteiger partial charge in [0.25, 0.3) is 0 Å². The van der Waals surface area contributed by atoms with Gasteiger partial charge in [-0.1, -0.05) is 13.8 Å². The van der Waals surface area contributed by atoms with Gasteiger partial charge in [0.15, 0.2) is 0 Å². The first-order valence-electron chi connectivity index (χ1n) is 5.93. The summed E-state index contributed by atoms with van der Waals surface area (Å²) in [6, 6.07) is 0. The number of ether oxygens (including phenoxy) is 1. The fourth-order valence-corrected chi connectivity index (χ4v) is 1.43. The summed E-state index contributed by atoms with van der Waals surface area (Å²) in [6.45, 7) is 7.75. The molecule has 0 atom stereocenters. The molecule has 0 radical (unpaired) electrons. The molecular formula is C12H27NO2. The predicted octanol–water partition coefficient (Wildman–Crippen LogP) is 1.80. The topological polar surface area (TPSA) is 41.5 Å². The van der Waals surface area contributed by atoms with Crippen molar-refractivity contribution in [2.45, 2.75) is 39.5 Å². The average molecular weight is 217 g/mol. The smallest absolute Gasteiger partial charge is 0.0467 e. The van der Waals surface area contributed by atoms with Crippen LogP contribution in [0.2, 0.25) is 0 Å². The third-order valence-corrected chi connectivity index (χ3v) is 2.60. The molecule has 0 aliphatic carbocycles. The Morgan fingerprint density at radius 2 is 1.93 bits per heavy atom. The van der Waals surface area contributed by atoms with Crippen molar-refractivity contribution in [3.8, 4) is 0 Å². The number of hydrogen-bond donors (Lipinski definition) is 2. The maximum Gasteiger partial charge on any atom is 0.0467 e. The molecule has 0 saturated heterocycles. The van der Waals surface area contributed by atoms with E-state index in [1.807, 2.05) is 0 Å². The van der Waals surface area contributed by atoms with Crippen molar-refractivity contribution in [1.82, 2.24) is 5.32 Å². The van der Waals surface area contributed by atoms with Gasteiger partial charge in [0, 0.05) is 26.9 Å². The first-order chi connectivity index (χ1) is 7.12. The summed E-state index contributed by atoms with van der Waals surface area (Å²) in [4.78, 5) is 0. The molecule has 3 heteroatoms. The van der Waals surface area contributed by atoms with E-state index in [1.165, 1.54) is 0 Å². The van der Waals surface area contributed by atoms with Crippen LogP contribution in [0.25, 0.3) is 0 Å². The molecule has 0 aromatic carbocycles. The molecule has 15 heavy (non-hydrogen) atoms. The third-order valence-electron chi connectivity index (χ3n) is 2.60. The normalized spacial score (nSPS) is 12.0. The summed E-state index contributed by atoms with van der Waals surface area (Å²) >= 11 is 0. The van der Waals surface area contributed by atoms with Gasteiger partial charge in [-0.3, -0.25) is 0 Å². The lowest BCUT2D eigenvalue weighted by atomic mass is 9.90. The lowest BCUT2D eigenvalue weighted by molar-refractivity contribution is 0.151. The van der Waals surface area contributed by atoms with Crippen LogP contribution < -0.4 is 5.32 Å². The quantitative estimate of drug-likeness (QED) is 0.548. The summed E-state index contributed by atoms with van der Waals surface area (Å²) in [7, 11) is 1.75. The zero-order chi connectivity index (χ0) is 11.6. The Labute approximate surface area is 94.2 Å². The molecule has 0 aliphatic rings. The van der Waals surface area contributed by atoms with Crippen LogP contribution in [-0.4, -0.2) is 38.5 Å². The Morgan fingerprint density at radius 1 is 1.20 bits per heavy atom. The highest BCUT2D eigenvalue weighted by Gasteiger charge is 2.16. The largest absolute Gasteiger partial charge is 0.396 e. The number of hydrogen-bond acceptors (Lipinski definition) is 3. The van der Waals surface area contributed by atoms with Crippen LogP contribution in [0.15, 0.2) is 0 Å². The molecule has 0 bridgehead atoms. The zero-order valence-electron chi connectivity index (χ0n) is 10.5. The number of rotatable bonds is 10. The summed E-state index contributed by atoms with van der Waals surface area (Å²) in [5.74, 6) is 0. The maximum absolute atomic E-state index is 8.61. The van der Waals surface area contributed by atoms with Gasteiger partial charge in [-0.05, 0) is 37.6 Å². The fourth-order valence-electron chi connectivity index (χ4n) is 1.43. The Morgan fingerprint density at radius 3 is 2.53 bits per heavy atom. The van der Waals surface area contributed by atoms with Crippen molar-refractivity contribution in [1.29, 1.82) is 0 Å². The summed E-state index contributed by atoms with van der Waals surface area (Å²) in [6.07, 6.45) is 4.28. The minimum atomic E-state index is 0.312. The van der Waals surface area contributed by atoms with Crippen molar-refractivity contribution in [3.63, 3.8) is 0 Å². The molecule has 0 heterocycles. The molecular weight excluding hydrogens is 190 g/mol. The van der Waals surface area contributed by atoms with Gasteiger partial charge in [-0.25, -0.2) is 0 Å². The van der Waals surface area contributed by atoms with Crippen LogP contribution in [0.1, 0.15) is 39.5 Å². The standard InChI is InChI=1S/C12H27NO2/c1-12(2,7-10-15-3)11-13-8-5-4-6-9-14/h13-14H,4-11H2,1-3H3. The van der Waals surface area contributed by atoms with Crippen molar-refractivity contribution >= 4 is 0 Å². The lowest BCUT2D eigenvalue weighted by Crippen LogP contribution is -2.31. The molecule has 0 fully saturated rings. The Balaban J connectivity index is 3.32. The molecule has 0 saturated carbocycles. The van der Waals surface area contributed by atoms with E-state index < -0.39 is 0 Å². The number of unbranched alkanes of at least 4 members (excludes halogenated alkanes) is 2. The monoisotopic (exact) mass is 217 g/mol. The summed E-state index contributed by atoms with van der Waals surface area (Å²) in [5.41, 5.74) is 0.312. The first kappa shape index (κ1) is 14.9. The highest BCUT2D eigenvalue weighted by molar-refractivity contribution is 4.71. The van der Waals surface area contributed by atoms with Crippen molar-refractivity contribution in [3.05, 3.63) is 0 Å². The summed E-state index contributed by atoms with van der Waals surface area (Å²) < 4.78 is 5.08. The van der Waals surface area contributed by atoms with Crippen molar-refractivity contribution < 1.29 is 9.84 Å². The van der Waals surface area contributed by atoms with Crippen LogP contribution in [0.5, 0.6) is 0 Å². The van der Waals surface area contributed by atoms with Gasteiger partial charge in [0.1, 0.15) is 0 Å². The SMILES string of the molecule is COCCC(C)(C)CNCCCCCO. The summed E-state index contributed by atoms with van der Waals surface area (Å²) in [5, 5.41) is 12.1. The van der Waals surface area contributed by atoms with Gasteiger partial charge in [0.2, 0.25) is 0 Å². The molecule has 0 rings (SSSR count). The number of nitrogens with one attached hydrogen (secondary N) is 1. The molecule has 0 spiro atoms. The van der Waals surface area contributed by atoms with Crippen LogP contribution in [0.3, 0.4) is 0 Å². The number of aliphatic hydroxyl groups excluding tert-OH is 1. The van der Waals surface area contributed by atoms with Crippen molar-refractivity contribution in [2.75, 3.05) is 33.4 Å². The van der Waals surface area contributed by atoms with Crippen LogP contribution in [0, 0.1) is 5.41 Å². The van der Waals surface area contributed by atoms with Gasteiger partial charge in [-0.2, -0.15) is 0 Å². The zero-order valence-corrected chi connectivity index (χ0v) is 10.5. The third kappa shape index (κ3) is 10.2. The fraction of sp³-hybridized carbons (Fsp3) is 1.00. The van der Waals surface area contributed by atoms with E-state index in [0.717, 1.165) is 45.4 Å². The molecule has 2 N–H and O–H groups in total. The van der Waals surface area contributed by atoms with Crippen LogP contribution >= 0.6 is 0 Å². The van der Waals surface area contributed by atoms with Gasteiger partial charge in [-0.15, -0.1) is 0 Å². The van der Waals surface area contributed by atoms with Gasteiger partial charge >= 0.3 is 0 Å². The van der Waals surface area contributed by atoms with Crippen molar-refractivity contribution in [2.24, 2.45) is 5.41 Å². The number of aliphatic hydroxyl groups is 1. The molecule has 3 nitrogen and oxygen atoms in total. The molecule has 0 aliphatic heterocycles. The van der Waals surface area contributed by atoms with Gasteiger partial charge < -0.3 is 15.2 Å². The second kappa shape index (κ2) is 9.13. The second-order valence-electron chi connectivity index (χ2n) is 4.87. The molecule has 0 amide bonds. The minimum absolute atomic E-state index is 0.312. The van der Waals surface area contributed by atoms with E-state index in [1.54, 1.807) is 7.11 Å². The first-order valence-corrected chi connectivity index (χ1v) is 5.93. The lowest BCUT2D eigenvalue weighted by Gasteiger charge is -2.24. The van der Waals surface area contributed by atoms with Gasteiger partial charge in [0.05, 0.1) is 0 Å². The average Bonchev–Trinajstić information content (AvgIpc) is 2.20. The molecule has 0 unspecified atom stereocenters. The minimum Gasteiger partial charge on any atom is -0.396 e. The Kier molecular flexibility index (Phi) is 9.06. The van der Waals surface area contributed by atoms with E-state index in [4.69, 9.17) is 9.84 Å². The number of methoxy groups -OCH3 is 1. The maximum atomic E-state index is 8.61.